The number of nitriles is 1. The number of aliphatic hydroxyl groups excluding tert-OH is 1. The lowest BCUT2D eigenvalue weighted by atomic mass is 10.00. The van der Waals surface area contributed by atoms with E-state index in [0.29, 0.717) is 13.1 Å². The van der Waals surface area contributed by atoms with Crippen LogP contribution in [0.15, 0.2) is 0 Å². The predicted octanol–water partition coefficient (Wildman–Crippen LogP) is 1.77. The van der Waals surface area contributed by atoms with Crippen molar-refractivity contribution in [3.63, 3.8) is 0 Å². The van der Waals surface area contributed by atoms with Crippen LogP contribution < -0.4 is 0 Å². The first kappa shape index (κ1) is 12.5. The molecule has 3 nitrogen and oxygen atoms in total. The van der Waals surface area contributed by atoms with E-state index in [0.717, 1.165) is 18.9 Å². The van der Waals surface area contributed by atoms with Gasteiger partial charge in [-0.25, -0.2) is 0 Å². The van der Waals surface area contributed by atoms with Gasteiger partial charge in [0.05, 0.1) is 18.7 Å². The smallest absolute Gasteiger partial charge is 0.0866 e. The zero-order valence-electron chi connectivity index (χ0n) is 9.65. The zero-order valence-corrected chi connectivity index (χ0v) is 9.65. The molecule has 1 aliphatic carbocycles. The Morgan fingerprint density at radius 3 is 2.67 bits per heavy atom. The maximum absolute atomic E-state index is 9.89. The highest BCUT2D eigenvalue weighted by atomic mass is 16.3. The lowest BCUT2D eigenvalue weighted by Gasteiger charge is -2.22. The predicted molar refractivity (Wildman–Crippen MR) is 60.3 cm³/mol. The molecule has 3 heteroatoms. The Labute approximate surface area is 92.7 Å². The molecule has 0 bridgehead atoms. The average molecular weight is 210 g/mol. The lowest BCUT2D eigenvalue weighted by Crippen LogP contribution is -2.33. The normalized spacial score (nSPS) is 19.3. The van der Waals surface area contributed by atoms with Crippen molar-refractivity contribution >= 4 is 0 Å². The van der Waals surface area contributed by atoms with E-state index < -0.39 is 0 Å². The van der Waals surface area contributed by atoms with Crippen molar-refractivity contribution in [3.05, 3.63) is 0 Å². The van der Waals surface area contributed by atoms with Gasteiger partial charge in [0, 0.05) is 6.54 Å². The average Bonchev–Trinajstić information content (AvgIpc) is 2.69. The first-order valence-electron chi connectivity index (χ1n) is 6.03. The number of aliphatic hydroxyl groups is 1. The van der Waals surface area contributed by atoms with Gasteiger partial charge in [0.2, 0.25) is 0 Å². The van der Waals surface area contributed by atoms with Crippen molar-refractivity contribution in [2.75, 3.05) is 19.6 Å². The molecule has 0 aromatic heterocycles. The van der Waals surface area contributed by atoms with Gasteiger partial charge in [-0.05, 0) is 18.9 Å². The summed E-state index contributed by atoms with van der Waals surface area (Å²) in [5, 5.41) is 18.5. The molecule has 0 spiro atoms. The molecule has 1 unspecified atom stereocenters. The summed E-state index contributed by atoms with van der Waals surface area (Å²) >= 11 is 0. The molecule has 0 heterocycles. The van der Waals surface area contributed by atoms with Crippen molar-refractivity contribution < 1.29 is 5.11 Å². The molecule has 1 rings (SSSR count). The van der Waals surface area contributed by atoms with Gasteiger partial charge < -0.3 is 5.11 Å². The van der Waals surface area contributed by atoms with Gasteiger partial charge in [-0.2, -0.15) is 5.26 Å². The molecule has 15 heavy (non-hydrogen) atoms. The van der Waals surface area contributed by atoms with E-state index in [-0.39, 0.29) is 6.10 Å². The van der Waals surface area contributed by atoms with Crippen LogP contribution in [0.25, 0.3) is 0 Å². The lowest BCUT2D eigenvalue weighted by molar-refractivity contribution is 0.0989. The molecule has 0 saturated heterocycles. The van der Waals surface area contributed by atoms with Crippen molar-refractivity contribution in [2.45, 2.75) is 45.1 Å². The van der Waals surface area contributed by atoms with Crippen LogP contribution in [0, 0.1) is 17.2 Å². The van der Waals surface area contributed by atoms with Gasteiger partial charge in [0.15, 0.2) is 0 Å². The second-order valence-corrected chi connectivity index (χ2v) is 4.53. The highest BCUT2D eigenvalue weighted by molar-refractivity contribution is 4.79. The summed E-state index contributed by atoms with van der Waals surface area (Å²) in [4.78, 5) is 2.00. The second kappa shape index (κ2) is 6.81. The Morgan fingerprint density at radius 2 is 2.13 bits per heavy atom. The Hall–Kier alpha value is -0.590. The molecule has 0 aromatic rings. The Morgan fingerprint density at radius 1 is 1.47 bits per heavy atom. The number of nitrogens with zero attached hydrogens (tertiary/aromatic N) is 2. The van der Waals surface area contributed by atoms with Gasteiger partial charge in [-0.3, -0.25) is 4.90 Å². The molecular formula is C12H22N2O. The molecule has 1 fully saturated rings. The van der Waals surface area contributed by atoms with Crippen LogP contribution >= 0.6 is 0 Å². The Kier molecular flexibility index (Phi) is 5.67. The van der Waals surface area contributed by atoms with E-state index in [1.54, 1.807) is 0 Å². The molecule has 1 aliphatic rings. The maximum atomic E-state index is 9.89. The zero-order chi connectivity index (χ0) is 11.1. The number of hydrogen-bond donors (Lipinski definition) is 1. The van der Waals surface area contributed by atoms with Crippen molar-refractivity contribution in [1.29, 1.82) is 5.26 Å². The summed E-state index contributed by atoms with van der Waals surface area (Å²) < 4.78 is 0. The van der Waals surface area contributed by atoms with Crippen LogP contribution in [0.1, 0.15) is 39.0 Å². The molecular weight excluding hydrogens is 188 g/mol. The van der Waals surface area contributed by atoms with Gasteiger partial charge in [-0.1, -0.05) is 32.6 Å². The fourth-order valence-corrected chi connectivity index (χ4v) is 2.41. The fourth-order valence-electron chi connectivity index (χ4n) is 2.41. The van der Waals surface area contributed by atoms with Crippen molar-refractivity contribution in [1.82, 2.24) is 4.90 Å². The molecule has 0 aromatic carbocycles. The van der Waals surface area contributed by atoms with Crippen LogP contribution in [0.5, 0.6) is 0 Å². The molecule has 1 saturated carbocycles. The standard InChI is InChI=1S/C12H22N2O/c1-2-14(8-7-13)10-12(15)9-11-5-3-4-6-11/h11-12,15H,2-6,8-10H2,1H3. The number of hydrogen-bond acceptors (Lipinski definition) is 3. The Balaban J connectivity index is 2.21. The van der Waals surface area contributed by atoms with Crippen LogP contribution in [0.3, 0.4) is 0 Å². The van der Waals surface area contributed by atoms with E-state index in [2.05, 4.69) is 6.07 Å². The summed E-state index contributed by atoms with van der Waals surface area (Å²) in [6.45, 7) is 3.95. The number of likely N-dealkylation sites (N-methyl/N-ethyl adjacent to an activating group) is 1. The van der Waals surface area contributed by atoms with Crippen molar-refractivity contribution in [2.24, 2.45) is 5.92 Å². The van der Waals surface area contributed by atoms with Crippen molar-refractivity contribution in [3.8, 4) is 6.07 Å². The van der Waals surface area contributed by atoms with E-state index in [1.807, 2.05) is 11.8 Å². The first-order valence-corrected chi connectivity index (χ1v) is 6.03. The van der Waals surface area contributed by atoms with Gasteiger partial charge in [0.1, 0.15) is 0 Å². The van der Waals surface area contributed by atoms with Crippen LogP contribution in [-0.2, 0) is 0 Å². The quantitative estimate of drug-likeness (QED) is 0.680. The largest absolute Gasteiger partial charge is 0.392 e. The van der Waals surface area contributed by atoms with E-state index >= 15 is 0 Å². The van der Waals surface area contributed by atoms with E-state index in [4.69, 9.17) is 5.26 Å². The van der Waals surface area contributed by atoms with Gasteiger partial charge in [0.25, 0.3) is 0 Å². The monoisotopic (exact) mass is 210 g/mol. The summed E-state index contributed by atoms with van der Waals surface area (Å²) in [7, 11) is 0. The molecule has 0 aliphatic heterocycles. The van der Waals surface area contributed by atoms with E-state index in [9.17, 15) is 5.11 Å². The number of rotatable bonds is 6. The third-order valence-corrected chi connectivity index (χ3v) is 3.29. The summed E-state index contributed by atoms with van der Waals surface area (Å²) in [5.41, 5.74) is 0. The van der Waals surface area contributed by atoms with Gasteiger partial charge >= 0.3 is 0 Å². The highest BCUT2D eigenvalue weighted by Crippen LogP contribution is 2.28. The minimum Gasteiger partial charge on any atom is -0.392 e. The minimum absolute atomic E-state index is 0.249. The SMILES string of the molecule is CCN(CC#N)CC(O)CC1CCCC1. The first-order chi connectivity index (χ1) is 7.26. The minimum atomic E-state index is -0.249. The molecule has 1 N–H and O–H groups in total. The third kappa shape index (κ3) is 4.63. The van der Waals surface area contributed by atoms with E-state index in [1.165, 1.54) is 25.7 Å². The summed E-state index contributed by atoms with van der Waals surface area (Å²) in [6.07, 6.45) is 5.88. The summed E-state index contributed by atoms with van der Waals surface area (Å²) in [5.74, 6) is 0.723. The second-order valence-electron chi connectivity index (χ2n) is 4.53. The molecule has 0 radical (unpaired) electrons. The van der Waals surface area contributed by atoms with Crippen LogP contribution in [-0.4, -0.2) is 35.7 Å². The van der Waals surface area contributed by atoms with Crippen LogP contribution in [0.2, 0.25) is 0 Å². The topological polar surface area (TPSA) is 47.3 Å². The summed E-state index contributed by atoms with van der Waals surface area (Å²) in [6, 6.07) is 2.13. The third-order valence-electron chi connectivity index (χ3n) is 3.29. The maximum Gasteiger partial charge on any atom is 0.0866 e. The van der Waals surface area contributed by atoms with Crippen LogP contribution in [0.4, 0.5) is 0 Å². The van der Waals surface area contributed by atoms with Gasteiger partial charge in [-0.15, -0.1) is 0 Å². The fraction of sp³-hybridized carbons (Fsp3) is 0.917. The Bertz CT molecular complexity index is 206. The molecule has 1 atom stereocenters. The molecule has 0 amide bonds. The highest BCUT2D eigenvalue weighted by Gasteiger charge is 2.19. The molecule has 86 valence electrons.